The van der Waals surface area contributed by atoms with Gasteiger partial charge in [-0.3, -0.25) is 4.79 Å². The first-order valence-corrected chi connectivity index (χ1v) is 10.3. The number of benzene rings is 3. The van der Waals surface area contributed by atoms with Crippen LogP contribution < -0.4 is 10.1 Å². The number of hydrogen-bond acceptors (Lipinski definition) is 3. The van der Waals surface area contributed by atoms with E-state index in [4.69, 9.17) is 9.15 Å². The van der Waals surface area contributed by atoms with Gasteiger partial charge in [0.2, 0.25) is 5.91 Å². The topological polar surface area (TPSA) is 51.5 Å². The molecule has 32 heavy (non-hydrogen) atoms. The maximum absolute atomic E-state index is 13.0. The highest BCUT2D eigenvalue weighted by molar-refractivity contribution is 6.00. The van der Waals surface area contributed by atoms with Crippen molar-refractivity contribution in [3.8, 4) is 16.9 Å². The quantitative estimate of drug-likeness (QED) is 0.367. The van der Waals surface area contributed by atoms with Crippen molar-refractivity contribution in [2.45, 2.75) is 20.4 Å². The predicted octanol–water partition coefficient (Wildman–Crippen LogP) is 6.28. The molecule has 0 saturated carbocycles. The summed E-state index contributed by atoms with van der Waals surface area (Å²) in [6, 6.07) is 18.1. The van der Waals surface area contributed by atoms with Gasteiger partial charge in [0.05, 0.1) is 13.4 Å². The van der Waals surface area contributed by atoms with Gasteiger partial charge in [0.25, 0.3) is 0 Å². The fraction of sp³-hybridized carbons (Fsp3) is 0.148. The maximum Gasteiger partial charge on any atom is 0.244 e. The van der Waals surface area contributed by atoms with Crippen LogP contribution in [0.1, 0.15) is 23.6 Å². The number of furan rings is 1. The third kappa shape index (κ3) is 4.57. The lowest BCUT2D eigenvalue weighted by molar-refractivity contribution is -0.116. The molecule has 0 fully saturated rings. The van der Waals surface area contributed by atoms with E-state index in [2.05, 4.69) is 36.5 Å². The van der Waals surface area contributed by atoms with Crippen LogP contribution in [0.2, 0.25) is 0 Å². The van der Waals surface area contributed by atoms with Gasteiger partial charge in [-0.2, -0.15) is 0 Å². The lowest BCUT2D eigenvalue weighted by Gasteiger charge is -2.10. The Balaban J connectivity index is 1.62. The number of halogens is 1. The number of rotatable bonds is 6. The summed E-state index contributed by atoms with van der Waals surface area (Å²) in [7, 11) is 1.59. The van der Waals surface area contributed by atoms with Crippen LogP contribution in [0.15, 0.2) is 77.4 Å². The van der Waals surface area contributed by atoms with Gasteiger partial charge in [-0.25, -0.2) is 4.39 Å². The summed E-state index contributed by atoms with van der Waals surface area (Å²) in [5, 5.41) is 3.78. The first kappa shape index (κ1) is 21.4. The van der Waals surface area contributed by atoms with E-state index in [0.29, 0.717) is 12.3 Å². The molecular weight excluding hydrogens is 405 g/mol. The van der Waals surface area contributed by atoms with E-state index in [9.17, 15) is 9.18 Å². The van der Waals surface area contributed by atoms with Crippen LogP contribution >= 0.6 is 0 Å². The molecule has 0 bridgehead atoms. The van der Waals surface area contributed by atoms with E-state index in [0.717, 1.165) is 38.8 Å². The molecule has 1 N–H and O–H groups in total. The van der Waals surface area contributed by atoms with Crippen molar-refractivity contribution in [3.63, 3.8) is 0 Å². The van der Waals surface area contributed by atoms with Crippen molar-refractivity contribution in [3.05, 3.63) is 95.5 Å². The standard InChI is InChI=1S/C27H24FNO3/c1-17-4-8-20(9-5-17)24-16-32-26-14-25(31-3)22(13-23(24)26)18(2)12-27(30)29-15-19-6-10-21(28)11-7-19/h4-14,16H,15H2,1-3H3,(H,29,30)/b18-12+. The number of methoxy groups -OCH3 is 1. The highest BCUT2D eigenvalue weighted by atomic mass is 19.1. The zero-order chi connectivity index (χ0) is 22.7. The van der Waals surface area contributed by atoms with Crippen LogP contribution in [0.4, 0.5) is 4.39 Å². The highest BCUT2D eigenvalue weighted by Crippen LogP contribution is 2.37. The normalized spacial score (nSPS) is 11.6. The summed E-state index contributed by atoms with van der Waals surface area (Å²) < 4.78 is 24.4. The van der Waals surface area contributed by atoms with Gasteiger partial charge in [-0.05, 0) is 48.7 Å². The summed E-state index contributed by atoms with van der Waals surface area (Å²) in [5.41, 5.74) is 6.35. The van der Waals surface area contributed by atoms with Gasteiger partial charge in [0, 0.05) is 35.2 Å². The molecule has 0 spiro atoms. The summed E-state index contributed by atoms with van der Waals surface area (Å²) in [5.74, 6) is 0.0878. The van der Waals surface area contributed by atoms with Crippen LogP contribution in [0, 0.1) is 12.7 Å². The molecule has 0 aliphatic carbocycles. The maximum atomic E-state index is 13.0. The molecule has 4 rings (SSSR count). The largest absolute Gasteiger partial charge is 0.496 e. The second kappa shape index (κ2) is 9.10. The molecule has 1 amide bonds. The first-order chi connectivity index (χ1) is 15.4. The van der Waals surface area contributed by atoms with Crippen LogP contribution in [-0.2, 0) is 11.3 Å². The average Bonchev–Trinajstić information content (AvgIpc) is 3.21. The number of allylic oxidation sites excluding steroid dienone is 1. The van der Waals surface area contributed by atoms with Crippen LogP contribution in [-0.4, -0.2) is 13.0 Å². The lowest BCUT2D eigenvalue weighted by Crippen LogP contribution is -2.20. The highest BCUT2D eigenvalue weighted by Gasteiger charge is 2.15. The first-order valence-electron chi connectivity index (χ1n) is 10.3. The number of aryl methyl sites for hydroxylation is 1. The van der Waals surface area contributed by atoms with Gasteiger partial charge in [0.1, 0.15) is 17.1 Å². The number of carbonyl (C=O) groups is 1. The summed E-state index contributed by atoms with van der Waals surface area (Å²) >= 11 is 0. The molecule has 0 atom stereocenters. The van der Waals surface area contributed by atoms with E-state index in [1.807, 2.05) is 19.1 Å². The number of fused-ring (bicyclic) bond motifs is 1. The fourth-order valence-electron chi connectivity index (χ4n) is 3.61. The molecule has 0 unspecified atom stereocenters. The van der Waals surface area contributed by atoms with Gasteiger partial charge < -0.3 is 14.5 Å². The molecule has 0 radical (unpaired) electrons. The van der Waals surface area contributed by atoms with E-state index >= 15 is 0 Å². The molecule has 3 aromatic carbocycles. The van der Waals surface area contributed by atoms with E-state index in [-0.39, 0.29) is 11.7 Å². The van der Waals surface area contributed by atoms with Crippen molar-refractivity contribution >= 4 is 22.4 Å². The molecule has 0 aliphatic heterocycles. The molecule has 0 aliphatic rings. The molecular formula is C27H24FNO3. The van der Waals surface area contributed by atoms with Gasteiger partial charge in [-0.1, -0.05) is 42.0 Å². The number of nitrogens with one attached hydrogen (secondary N) is 1. The Morgan fingerprint density at radius 1 is 1.09 bits per heavy atom. The Kier molecular flexibility index (Phi) is 6.08. The minimum absolute atomic E-state index is 0.236. The van der Waals surface area contributed by atoms with Crippen LogP contribution in [0.25, 0.3) is 27.7 Å². The monoisotopic (exact) mass is 429 g/mol. The van der Waals surface area contributed by atoms with Crippen LogP contribution in [0.3, 0.4) is 0 Å². The third-order valence-corrected chi connectivity index (χ3v) is 5.41. The number of ether oxygens (including phenoxy) is 1. The van der Waals surface area contributed by atoms with Gasteiger partial charge in [-0.15, -0.1) is 0 Å². The summed E-state index contributed by atoms with van der Waals surface area (Å²) in [6.07, 6.45) is 3.28. The van der Waals surface area contributed by atoms with Crippen molar-refractivity contribution in [2.24, 2.45) is 0 Å². The zero-order valence-corrected chi connectivity index (χ0v) is 18.2. The Morgan fingerprint density at radius 2 is 1.81 bits per heavy atom. The molecule has 1 aromatic heterocycles. The molecule has 162 valence electrons. The van der Waals surface area contributed by atoms with E-state index in [1.165, 1.54) is 17.7 Å². The Morgan fingerprint density at radius 3 is 2.50 bits per heavy atom. The summed E-state index contributed by atoms with van der Waals surface area (Å²) in [6.45, 7) is 4.24. The second-order valence-electron chi connectivity index (χ2n) is 7.74. The molecule has 0 saturated heterocycles. The predicted molar refractivity (Wildman–Crippen MR) is 125 cm³/mol. The van der Waals surface area contributed by atoms with Crippen LogP contribution in [0.5, 0.6) is 5.75 Å². The number of hydrogen-bond donors (Lipinski definition) is 1. The third-order valence-electron chi connectivity index (χ3n) is 5.41. The molecule has 4 aromatic rings. The number of carbonyl (C=O) groups excluding carboxylic acids is 1. The Labute approximate surface area is 186 Å². The fourth-order valence-corrected chi connectivity index (χ4v) is 3.61. The number of amides is 1. The minimum Gasteiger partial charge on any atom is -0.496 e. The molecule has 1 heterocycles. The Bertz CT molecular complexity index is 1290. The van der Waals surface area contributed by atoms with Crippen molar-refractivity contribution in [1.29, 1.82) is 0 Å². The Hall–Kier alpha value is -3.86. The summed E-state index contributed by atoms with van der Waals surface area (Å²) in [4.78, 5) is 12.5. The van der Waals surface area contributed by atoms with E-state index in [1.54, 1.807) is 31.6 Å². The smallest absolute Gasteiger partial charge is 0.244 e. The van der Waals surface area contributed by atoms with Gasteiger partial charge >= 0.3 is 0 Å². The van der Waals surface area contributed by atoms with Gasteiger partial charge in [0.15, 0.2) is 0 Å². The average molecular weight is 429 g/mol. The van der Waals surface area contributed by atoms with Crippen molar-refractivity contribution < 1.29 is 18.3 Å². The minimum atomic E-state index is -0.303. The van der Waals surface area contributed by atoms with Crippen molar-refractivity contribution in [1.82, 2.24) is 5.32 Å². The van der Waals surface area contributed by atoms with E-state index < -0.39 is 0 Å². The molecule has 5 heteroatoms. The zero-order valence-electron chi connectivity index (χ0n) is 18.2. The molecule has 4 nitrogen and oxygen atoms in total. The SMILES string of the molecule is COc1cc2occ(-c3ccc(C)cc3)c2cc1/C(C)=C/C(=O)NCc1ccc(F)cc1. The second-order valence-corrected chi connectivity index (χ2v) is 7.74. The lowest BCUT2D eigenvalue weighted by atomic mass is 9.99. The van der Waals surface area contributed by atoms with Crippen molar-refractivity contribution in [2.75, 3.05) is 7.11 Å².